The van der Waals surface area contributed by atoms with Crippen LogP contribution in [0.1, 0.15) is 71.1 Å². The van der Waals surface area contributed by atoms with E-state index in [2.05, 4.69) is 21.3 Å². The fourth-order valence-corrected chi connectivity index (χ4v) is 2.17. The average Bonchev–Trinajstić information content (AvgIpc) is 2.35. The van der Waals surface area contributed by atoms with Gasteiger partial charge in [-0.05, 0) is 16.5 Å². The van der Waals surface area contributed by atoms with Crippen molar-refractivity contribution in [1.82, 2.24) is 0 Å². The fourth-order valence-electron chi connectivity index (χ4n) is 1.71. The predicted molar refractivity (Wildman–Crippen MR) is 70.2 cm³/mol. The van der Waals surface area contributed by atoms with Crippen LogP contribution in [0.4, 0.5) is 0 Å². The Bertz CT molecular complexity index is 122. The first-order chi connectivity index (χ1) is 8.41. The van der Waals surface area contributed by atoms with Crippen molar-refractivity contribution in [2.45, 2.75) is 71.1 Å². The van der Waals surface area contributed by atoms with E-state index in [1.165, 1.54) is 57.8 Å². The van der Waals surface area contributed by atoms with E-state index in [0.29, 0.717) is 0 Å². The molecule has 0 aliphatic heterocycles. The van der Waals surface area contributed by atoms with E-state index in [0.717, 1.165) is 24.2 Å². The summed E-state index contributed by atoms with van der Waals surface area (Å²) in [6.45, 7) is 2.25. The van der Waals surface area contributed by atoms with Crippen LogP contribution in [0.15, 0.2) is 0 Å². The maximum Gasteiger partial charge on any atom is 0.0347 e. The van der Waals surface area contributed by atoms with E-state index in [1.807, 2.05) is 0 Å². The Morgan fingerprint density at radius 2 is 1.35 bits per heavy atom. The van der Waals surface area contributed by atoms with Gasteiger partial charge < -0.3 is 0 Å². The van der Waals surface area contributed by atoms with Gasteiger partial charge in [-0.1, -0.05) is 64.7 Å². The first kappa shape index (κ1) is 17.2. The highest BCUT2D eigenvalue weighted by Gasteiger charge is 1.94. The van der Waals surface area contributed by atoms with E-state index < -0.39 is 0 Å². The van der Waals surface area contributed by atoms with Crippen molar-refractivity contribution in [2.75, 3.05) is 5.75 Å². The topological polar surface area (TPSA) is 47.9 Å². The van der Waals surface area contributed by atoms with Crippen LogP contribution >= 0.6 is 12.0 Å². The highest BCUT2D eigenvalue weighted by atomic mass is 32.2. The highest BCUT2D eigenvalue weighted by Crippen LogP contribution is 2.12. The van der Waals surface area contributed by atoms with Gasteiger partial charge in [-0.25, -0.2) is 5.26 Å². The maximum atomic E-state index is 7.78. The van der Waals surface area contributed by atoms with Gasteiger partial charge in [0.2, 0.25) is 0 Å². The molecule has 1 N–H and O–H groups in total. The van der Waals surface area contributed by atoms with Crippen molar-refractivity contribution >= 4 is 12.0 Å². The smallest absolute Gasteiger partial charge is 0.0347 e. The molecular weight excluding hydrogens is 240 g/mol. The molecule has 0 fully saturated rings. The summed E-state index contributed by atoms with van der Waals surface area (Å²) < 4.78 is 4.41. The summed E-state index contributed by atoms with van der Waals surface area (Å²) in [5, 5.41) is 14.9. The molecule has 0 bridgehead atoms. The van der Waals surface area contributed by atoms with Crippen molar-refractivity contribution < 1.29 is 19.7 Å². The van der Waals surface area contributed by atoms with Crippen molar-refractivity contribution in [3.8, 4) is 0 Å². The molecule has 0 spiro atoms. The third-order valence-electron chi connectivity index (χ3n) is 2.69. The van der Waals surface area contributed by atoms with Crippen molar-refractivity contribution in [3.05, 3.63) is 0 Å². The normalized spacial score (nSPS) is 10.9. The second-order valence-electron chi connectivity index (χ2n) is 4.21. The van der Waals surface area contributed by atoms with Crippen LogP contribution < -0.4 is 0 Å². The number of unbranched alkanes of at least 4 members (excludes halogenated alkanes) is 9. The van der Waals surface area contributed by atoms with Crippen molar-refractivity contribution in [3.63, 3.8) is 0 Å². The minimum atomic E-state index is 0.861. The summed E-state index contributed by atoms with van der Waals surface area (Å²) in [5.74, 6) is 0.861. The standard InChI is InChI=1S/C12H26O4S/c1-2-3-4-5-6-7-8-9-10-11-12-17-16-15-14-13/h13H,2-12H2,1H3. The van der Waals surface area contributed by atoms with Gasteiger partial charge in [0, 0.05) is 17.8 Å². The molecule has 0 atom stereocenters. The zero-order valence-electron chi connectivity index (χ0n) is 10.9. The van der Waals surface area contributed by atoms with Gasteiger partial charge in [0.25, 0.3) is 0 Å². The summed E-state index contributed by atoms with van der Waals surface area (Å²) in [6.07, 6.45) is 13.2. The number of rotatable bonds is 14. The fraction of sp³-hybridized carbons (Fsp3) is 1.00. The van der Waals surface area contributed by atoms with Crippen LogP contribution in [0.25, 0.3) is 0 Å². The van der Waals surface area contributed by atoms with Gasteiger partial charge in [0.15, 0.2) is 0 Å². The molecule has 0 aromatic rings. The minimum absolute atomic E-state index is 0.861. The molecule has 0 saturated carbocycles. The van der Waals surface area contributed by atoms with Crippen LogP contribution in [0.2, 0.25) is 0 Å². The lowest BCUT2D eigenvalue weighted by Gasteiger charge is -2.01. The second kappa shape index (κ2) is 16.2. The number of hydrogen-bond acceptors (Lipinski definition) is 5. The maximum absolute atomic E-state index is 7.78. The first-order valence-electron chi connectivity index (χ1n) is 6.68. The molecule has 0 aromatic carbocycles. The van der Waals surface area contributed by atoms with E-state index in [1.54, 1.807) is 0 Å². The van der Waals surface area contributed by atoms with Gasteiger partial charge in [0.1, 0.15) is 0 Å². The lowest BCUT2D eigenvalue weighted by molar-refractivity contribution is -0.591. The Kier molecular flexibility index (Phi) is 16.4. The Hall–Kier alpha value is 0.190. The average molecular weight is 266 g/mol. The van der Waals surface area contributed by atoms with E-state index >= 15 is 0 Å². The third-order valence-corrected chi connectivity index (χ3v) is 3.29. The lowest BCUT2D eigenvalue weighted by atomic mass is 10.1. The zero-order valence-corrected chi connectivity index (χ0v) is 11.7. The molecule has 0 saturated heterocycles. The largest absolute Gasteiger partial charge is 0.219 e. The number of hydrogen-bond donors (Lipinski definition) is 1. The Morgan fingerprint density at radius 1 is 0.824 bits per heavy atom. The van der Waals surface area contributed by atoms with Crippen LogP contribution in [-0.2, 0) is 14.4 Å². The molecule has 0 radical (unpaired) electrons. The van der Waals surface area contributed by atoms with Gasteiger partial charge in [-0.2, -0.15) is 0 Å². The molecule has 0 aliphatic rings. The van der Waals surface area contributed by atoms with Gasteiger partial charge in [-0.3, -0.25) is 0 Å². The summed E-state index contributed by atoms with van der Waals surface area (Å²) in [4.78, 5) is 0. The first-order valence-corrected chi connectivity index (χ1v) is 7.59. The summed E-state index contributed by atoms with van der Waals surface area (Å²) in [6, 6.07) is 0. The third kappa shape index (κ3) is 16.2. The molecule has 0 rings (SSSR count). The van der Waals surface area contributed by atoms with E-state index in [-0.39, 0.29) is 0 Å². The Labute approximate surface area is 109 Å². The van der Waals surface area contributed by atoms with E-state index in [9.17, 15) is 0 Å². The van der Waals surface area contributed by atoms with Gasteiger partial charge in [-0.15, -0.1) is 4.33 Å². The summed E-state index contributed by atoms with van der Waals surface area (Å²) in [7, 11) is 0. The Balaban J connectivity index is 2.85. The van der Waals surface area contributed by atoms with Crippen LogP contribution in [0.3, 0.4) is 0 Å². The minimum Gasteiger partial charge on any atom is -0.219 e. The summed E-state index contributed by atoms with van der Waals surface area (Å²) in [5.41, 5.74) is 0. The molecular formula is C12H26O4S. The predicted octanol–water partition coefficient (Wildman–Crippen LogP) is 4.91. The molecule has 4 nitrogen and oxygen atoms in total. The Morgan fingerprint density at radius 3 is 1.88 bits per heavy atom. The molecule has 0 amide bonds. The molecule has 0 aromatic heterocycles. The van der Waals surface area contributed by atoms with E-state index in [4.69, 9.17) is 5.26 Å². The van der Waals surface area contributed by atoms with Crippen LogP contribution in [0.5, 0.6) is 0 Å². The van der Waals surface area contributed by atoms with Crippen LogP contribution in [0, 0.1) is 0 Å². The molecule has 17 heavy (non-hydrogen) atoms. The SMILES string of the molecule is CCCCCCCCCCCCSOOOO. The summed E-state index contributed by atoms with van der Waals surface area (Å²) >= 11 is 1.15. The molecule has 104 valence electrons. The lowest BCUT2D eigenvalue weighted by Crippen LogP contribution is -1.88. The monoisotopic (exact) mass is 266 g/mol. The van der Waals surface area contributed by atoms with Gasteiger partial charge in [0.05, 0.1) is 0 Å². The zero-order chi connectivity index (χ0) is 12.6. The van der Waals surface area contributed by atoms with Crippen molar-refractivity contribution in [1.29, 1.82) is 0 Å². The molecule has 0 heterocycles. The second-order valence-corrected chi connectivity index (χ2v) is 4.99. The van der Waals surface area contributed by atoms with Gasteiger partial charge >= 0.3 is 0 Å². The van der Waals surface area contributed by atoms with Crippen LogP contribution in [-0.4, -0.2) is 11.0 Å². The molecule has 0 unspecified atom stereocenters. The highest BCUT2D eigenvalue weighted by molar-refractivity contribution is 7.94. The molecule has 5 heteroatoms. The van der Waals surface area contributed by atoms with Crippen molar-refractivity contribution in [2.24, 2.45) is 0 Å². The quantitative estimate of drug-likeness (QED) is 0.209. The molecule has 0 aliphatic carbocycles.